The van der Waals surface area contributed by atoms with Gasteiger partial charge in [0.2, 0.25) is 5.95 Å². The molecule has 6 rings (SSSR count). The van der Waals surface area contributed by atoms with E-state index < -0.39 is 0 Å². The monoisotopic (exact) mass is 510 g/mol. The van der Waals surface area contributed by atoms with Crippen molar-refractivity contribution >= 4 is 45.5 Å². The van der Waals surface area contributed by atoms with Crippen LogP contribution in [0.2, 0.25) is 5.02 Å². The molecule has 0 radical (unpaired) electrons. The van der Waals surface area contributed by atoms with Crippen molar-refractivity contribution in [1.82, 2.24) is 9.97 Å². The lowest BCUT2D eigenvalue weighted by molar-refractivity contribution is 0.334. The van der Waals surface area contributed by atoms with Gasteiger partial charge < -0.3 is 4.74 Å². The Labute approximate surface area is 218 Å². The zero-order chi connectivity index (χ0) is 24.5. The van der Waals surface area contributed by atoms with Crippen LogP contribution in [0.5, 0.6) is 5.75 Å². The number of nitrogens with zero attached hydrogens (tertiary/aromatic N) is 4. The van der Waals surface area contributed by atoms with E-state index >= 15 is 0 Å². The van der Waals surface area contributed by atoms with Gasteiger partial charge in [0.25, 0.3) is 0 Å². The highest BCUT2D eigenvalue weighted by Crippen LogP contribution is 2.41. The van der Waals surface area contributed by atoms with Crippen LogP contribution in [-0.2, 0) is 0 Å². The fraction of sp³-hybridized carbons (Fsp3) is 0.138. The first-order valence-corrected chi connectivity index (χ1v) is 13.1. The summed E-state index contributed by atoms with van der Waals surface area (Å²) in [6.45, 7) is 2.59. The Bertz CT molecular complexity index is 1550. The zero-order valence-corrected chi connectivity index (χ0v) is 21.2. The molecule has 7 heteroatoms. The number of thiophene rings is 1. The van der Waals surface area contributed by atoms with Crippen LogP contribution in [0.3, 0.4) is 0 Å². The molecular weight excluding hydrogens is 488 g/mol. The maximum Gasteiger partial charge on any atom is 0.247 e. The van der Waals surface area contributed by atoms with Gasteiger partial charge >= 0.3 is 0 Å². The molecule has 178 valence electrons. The van der Waals surface area contributed by atoms with E-state index in [1.807, 2.05) is 66.5 Å². The van der Waals surface area contributed by atoms with Crippen molar-refractivity contribution < 1.29 is 4.74 Å². The maximum absolute atomic E-state index is 6.37. The highest BCUT2D eigenvalue weighted by Gasteiger charge is 2.34. The van der Waals surface area contributed by atoms with Crippen LogP contribution in [0, 0.1) is 0 Å². The molecule has 0 N–H and O–H groups in total. The van der Waals surface area contributed by atoms with E-state index in [1.54, 1.807) is 11.3 Å². The van der Waals surface area contributed by atoms with Crippen LogP contribution in [0.25, 0.3) is 22.2 Å². The molecule has 0 fully saturated rings. The second-order valence-corrected chi connectivity index (χ2v) is 9.84. The summed E-state index contributed by atoms with van der Waals surface area (Å²) in [6.07, 6.45) is 0.729. The van der Waals surface area contributed by atoms with E-state index in [2.05, 4.69) is 35.7 Å². The largest absolute Gasteiger partial charge is 0.494 e. The number of aromatic nitrogens is 2. The standard InChI is InChI=1S/C29H23ClN4OS/c1-2-35-26-12-7-6-11-21(26)25-18-24(27-13-8-16-36-27)33-34(25)29-31-23-15-14-20(30)17-22(23)28(32-29)19-9-4-3-5-10-19/h3-17,25H,2,18H2,1H3/t25-/m1/s1. The molecule has 1 aliphatic heterocycles. The first kappa shape index (κ1) is 22.7. The third kappa shape index (κ3) is 4.23. The number of anilines is 1. The second kappa shape index (κ2) is 9.72. The van der Waals surface area contributed by atoms with Crippen molar-refractivity contribution in [3.63, 3.8) is 0 Å². The van der Waals surface area contributed by atoms with Crippen molar-refractivity contribution in [2.45, 2.75) is 19.4 Å². The third-order valence-corrected chi connectivity index (χ3v) is 7.35. The quantitative estimate of drug-likeness (QED) is 0.234. The van der Waals surface area contributed by atoms with Crippen molar-refractivity contribution in [2.24, 2.45) is 5.10 Å². The topological polar surface area (TPSA) is 50.6 Å². The number of benzene rings is 3. The highest BCUT2D eigenvalue weighted by molar-refractivity contribution is 7.12. The number of hydrazone groups is 1. The minimum Gasteiger partial charge on any atom is -0.494 e. The third-order valence-electron chi connectivity index (χ3n) is 6.19. The average molecular weight is 511 g/mol. The molecule has 0 bridgehead atoms. The van der Waals surface area contributed by atoms with Crippen LogP contribution in [-0.4, -0.2) is 22.3 Å². The lowest BCUT2D eigenvalue weighted by Gasteiger charge is -2.24. The van der Waals surface area contributed by atoms with Crippen molar-refractivity contribution in [3.8, 4) is 17.0 Å². The first-order valence-electron chi connectivity index (χ1n) is 11.9. The van der Waals surface area contributed by atoms with Gasteiger partial charge in [0, 0.05) is 28.0 Å². The molecule has 3 heterocycles. The number of hydrogen-bond acceptors (Lipinski definition) is 6. The lowest BCUT2D eigenvalue weighted by Crippen LogP contribution is -2.22. The summed E-state index contributed by atoms with van der Waals surface area (Å²) in [7, 11) is 0. The predicted octanol–water partition coefficient (Wildman–Crippen LogP) is 7.77. The molecule has 1 aliphatic rings. The number of hydrogen-bond donors (Lipinski definition) is 0. The van der Waals surface area contributed by atoms with Crippen LogP contribution in [0.15, 0.2) is 95.4 Å². The van der Waals surface area contributed by atoms with E-state index in [9.17, 15) is 0 Å². The molecule has 0 spiro atoms. The fourth-order valence-electron chi connectivity index (χ4n) is 4.58. The molecule has 5 nitrogen and oxygen atoms in total. The smallest absolute Gasteiger partial charge is 0.247 e. The van der Waals surface area contributed by atoms with E-state index in [1.165, 1.54) is 0 Å². The van der Waals surface area contributed by atoms with Crippen molar-refractivity contribution in [2.75, 3.05) is 11.6 Å². The Kier molecular flexibility index (Phi) is 6.13. The number of halogens is 1. The van der Waals surface area contributed by atoms with Gasteiger partial charge in [-0.15, -0.1) is 11.3 Å². The van der Waals surface area contributed by atoms with Gasteiger partial charge in [-0.25, -0.2) is 15.0 Å². The summed E-state index contributed by atoms with van der Waals surface area (Å²) in [5.74, 6) is 1.40. The molecule has 3 aromatic carbocycles. The second-order valence-electron chi connectivity index (χ2n) is 8.46. The SMILES string of the molecule is CCOc1ccccc1[C@H]1CC(c2cccs2)=NN1c1nc(-c2ccccc2)c2cc(Cl)ccc2n1. The fourth-order valence-corrected chi connectivity index (χ4v) is 5.47. The molecule has 1 atom stereocenters. The van der Waals surface area contributed by atoms with Crippen LogP contribution in [0.1, 0.15) is 29.8 Å². The van der Waals surface area contributed by atoms with Gasteiger partial charge in [-0.05, 0) is 42.6 Å². The van der Waals surface area contributed by atoms with Crippen molar-refractivity contribution in [3.05, 3.63) is 106 Å². The van der Waals surface area contributed by atoms with E-state index in [0.717, 1.165) is 50.5 Å². The molecule has 0 amide bonds. The van der Waals surface area contributed by atoms with Crippen LogP contribution < -0.4 is 9.75 Å². The Morgan fingerprint density at radius 2 is 1.81 bits per heavy atom. The molecular formula is C29H23ClN4OS. The molecule has 0 aliphatic carbocycles. The summed E-state index contributed by atoms with van der Waals surface area (Å²) in [5.41, 5.74) is 4.73. The Morgan fingerprint density at radius 1 is 0.972 bits per heavy atom. The van der Waals surface area contributed by atoms with Gasteiger partial charge in [-0.3, -0.25) is 0 Å². The molecule has 36 heavy (non-hydrogen) atoms. The minimum atomic E-state index is -0.0989. The van der Waals surface area contributed by atoms with Gasteiger partial charge in [0.15, 0.2) is 0 Å². The first-order chi connectivity index (χ1) is 17.7. The molecule has 0 saturated carbocycles. The predicted molar refractivity (Wildman–Crippen MR) is 148 cm³/mol. The Morgan fingerprint density at radius 3 is 2.61 bits per heavy atom. The number of ether oxygens (including phenoxy) is 1. The van der Waals surface area contributed by atoms with Crippen LogP contribution in [0.4, 0.5) is 5.95 Å². The summed E-state index contributed by atoms with van der Waals surface area (Å²) < 4.78 is 6.01. The average Bonchev–Trinajstić information content (AvgIpc) is 3.60. The highest BCUT2D eigenvalue weighted by atomic mass is 35.5. The van der Waals surface area contributed by atoms with Gasteiger partial charge in [-0.2, -0.15) is 5.10 Å². The zero-order valence-electron chi connectivity index (χ0n) is 19.6. The summed E-state index contributed by atoms with van der Waals surface area (Å²) >= 11 is 8.06. The Hall–Kier alpha value is -3.74. The van der Waals surface area contributed by atoms with E-state index in [-0.39, 0.29) is 6.04 Å². The molecule has 0 saturated heterocycles. The van der Waals surface area contributed by atoms with E-state index in [4.69, 9.17) is 31.4 Å². The molecule has 0 unspecified atom stereocenters. The Balaban J connectivity index is 1.55. The normalized spacial score (nSPS) is 15.3. The van der Waals surface area contributed by atoms with E-state index in [0.29, 0.717) is 17.6 Å². The number of rotatable bonds is 6. The van der Waals surface area contributed by atoms with Crippen LogP contribution >= 0.6 is 22.9 Å². The van der Waals surface area contributed by atoms with Gasteiger partial charge in [-0.1, -0.05) is 66.2 Å². The van der Waals surface area contributed by atoms with Gasteiger partial charge in [0.1, 0.15) is 5.75 Å². The summed E-state index contributed by atoms with van der Waals surface area (Å²) in [6, 6.07) is 28.1. The maximum atomic E-state index is 6.37. The minimum absolute atomic E-state index is 0.0989. The number of para-hydroxylation sites is 1. The number of fused-ring (bicyclic) bond motifs is 1. The van der Waals surface area contributed by atoms with Crippen molar-refractivity contribution in [1.29, 1.82) is 0 Å². The summed E-state index contributed by atoms with van der Waals surface area (Å²) in [4.78, 5) is 11.2. The molecule has 2 aromatic heterocycles. The molecule has 5 aromatic rings. The summed E-state index contributed by atoms with van der Waals surface area (Å²) in [5, 5.41) is 10.7. The lowest BCUT2D eigenvalue weighted by atomic mass is 10.00. The van der Waals surface area contributed by atoms with Gasteiger partial charge in [0.05, 0.1) is 34.4 Å².